The predicted molar refractivity (Wildman–Crippen MR) is 201 cm³/mol. The fourth-order valence-electron chi connectivity index (χ4n) is 4.88. The Morgan fingerprint density at radius 3 is 1.79 bits per heavy atom. The maximum Gasteiger partial charge on any atom is 0.472 e. The quantitative estimate of drug-likeness (QED) is 0.0231. The van der Waals surface area contributed by atoms with Crippen molar-refractivity contribution in [3.05, 3.63) is 36.5 Å². The normalized spacial score (nSPS) is 14.4. The number of hydrogen-bond acceptors (Lipinski definition) is 6. The molecule has 8 nitrogen and oxygen atoms in total. The van der Waals surface area contributed by atoms with Gasteiger partial charge in [-0.2, -0.15) is 0 Å². The summed E-state index contributed by atoms with van der Waals surface area (Å²) >= 11 is 0. The molecule has 282 valence electrons. The number of allylic oxidation sites excluding steroid dienone is 6. The van der Waals surface area contributed by atoms with E-state index in [0.717, 1.165) is 64.2 Å². The molecule has 0 heterocycles. The second-order valence-electron chi connectivity index (χ2n) is 13.9. The van der Waals surface area contributed by atoms with E-state index in [9.17, 15) is 14.3 Å². The van der Waals surface area contributed by atoms with Crippen LogP contribution in [0.3, 0.4) is 0 Å². The van der Waals surface area contributed by atoms with Crippen molar-refractivity contribution < 1.29 is 37.3 Å². The molecule has 0 radical (unpaired) electrons. The monoisotopic (exact) mass is 701 g/mol. The average molecular weight is 701 g/mol. The zero-order valence-electron chi connectivity index (χ0n) is 31.7. The topological polar surface area (TPSA) is 91.3 Å². The number of carbonyl (C=O) groups is 1. The van der Waals surface area contributed by atoms with Gasteiger partial charge >= 0.3 is 13.8 Å². The number of phosphoric acid groups is 1. The number of likely N-dealkylation sites (N-methyl/N-ethyl adjacent to an activating group) is 1. The second-order valence-corrected chi connectivity index (χ2v) is 15.4. The Kier molecular flexibility index (Phi) is 32.0. The SMILES string of the molecule is CCC/C=C\C/C=C\CCCCCCCC(=O)OC(COCCCCCCCC/C=C\CCCCC)COP(=O)(O)OCC[N+](C)(C)C. The fraction of sp³-hybridized carbons (Fsp3) is 0.821. The van der Waals surface area contributed by atoms with Crippen LogP contribution in [-0.4, -0.2) is 75.6 Å². The van der Waals surface area contributed by atoms with Crippen LogP contribution in [-0.2, 0) is 27.9 Å². The molecule has 0 amide bonds. The van der Waals surface area contributed by atoms with Crippen LogP contribution in [0.2, 0.25) is 0 Å². The van der Waals surface area contributed by atoms with E-state index < -0.39 is 13.9 Å². The van der Waals surface area contributed by atoms with Crippen molar-refractivity contribution in [3.8, 4) is 0 Å². The lowest BCUT2D eigenvalue weighted by atomic mass is 10.1. The van der Waals surface area contributed by atoms with E-state index in [1.54, 1.807) is 0 Å². The summed E-state index contributed by atoms with van der Waals surface area (Å²) in [5, 5.41) is 0. The van der Waals surface area contributed by atoms with Gasteiger partial charge in [0.2, 0.25) is 0 Å². The van der Waals surface area contributed by atoms with Crippen molar-refractivity contribution in [1.82, 2.24) is 0 Å². The lowest BCUT2D eigenvalue weighted by molar-refractivity contribution is -0.870. The van der Waals surface area contributed by atoms with E-state index in [1.807, 2.05) is 21.1 Å². The van der Waals surface area contributed by atoms with E-state index in [2.05, 4.69) is 50.3 Å². The molecule has 0 aliphatic heterocycles. The third-order valence-electron chi connectivity index (χ3n) is 7.90. The van der Waals surface area contributed by atoms with Gasteiger partial charge in [-0.1, -0.05) is 115 Å². The van der Waals surface area contributed by atoms with Gasteiger partial charge in [0.25, 0.3) is 0 Å². The first kappa shape index (κ1) is 46.7. The first-order chi connectivity index (χ1) is 23.1. The molecule has 0 aromatic heterocycles. The summed E-state index contributed by atoms with van der Waals surface area (Å²) in [5.41, 5.74) is 0. The molecule has 0 saturated heterocycles. The zero-order valence-corrected chi connectivity index (χ0v) is 32.6. The third kappa shape index (κ3) is 36.0. The zero-order chi connectivity index (χ0) is 35.6. The fourth-order valence-corrected chi connectivity index (χ4v) is 5.62. The number of rotatable bonds is 35. The Morgan fingerprint density at radius 2 is 1.19 bits per heavy atom. The number of esters is 1. The van der Waals surface area contributed by atoms with E-state index in [4.69, 9.17) is 18.5 Å². The molecule has 0 fully saturated rings. The van der Waals surface area contributed by atoms with Gasteiger partial charge in [-0.25, -0.2) is 4.57 Å². The summed E-state index contributed by atoms with van der Waals surface area (Å²) in [6, 6.07) is 0. The molecule has 0 aliphatic carbocycles. The minimum Gasteiger partial charge on any atom is -0.457 e. The standard InChI is InChI=1S/C39H74NO7P/c1-6-8-10-12-14-16-18-20-22-24-26-28-30-32-39(41)47-38(37-46-48(42,43)45-35-33-40(3,4)5)36-44-34-31-29-27-25-23-21-19-17-15-13-11-9-7-2/h10,12,15-18,38H,6-9,11,13-14,19-37H2,1-5H3/p+1/b12-10-,17-15-,18-16-. The van der Waals surface area contributed by atoms with Gasteiger partial charge in [0.1, 0.15) is 19.3 Å². The van der Waals surface area contributed by atoms with Gasteiger partial charge < -0.3 is 18.9 Å². The Labute approximate surface area is 295 Å². The molecule has 1 N–H and O–H groups in total. The van der Waals surface area contributed by atoms with E-state index in [0.29, 0.717) is 24.1 Å². The predicted octanol–water partition coefficient (Wildman–Crippen LogP) is 10.7. The molecular formula is C39H75NO7P+. The number of phosphoric ester groups is 1. The average Bonchev–Trinajstić information content (AvgIpc) is 3.03. The van der Waals surface area contributed by atoms with Crippen molar-refractivity contribution in [3.63, 3.8) is 0 Å². The maximum atomic E-state index is 12.6. The molecule has 2 atom stereocenters. The van der Waals surface area contributed by atoms with Crippen molar-refractivity contribution in [2.45, 2.75) is 155 Å². The van der Waals surface area contributed by atoms with Crippen LogP contribution >= 0.6 is 7.82 Å². The molecule has 2 unspecified atom stereocenters. The first-order valence-electron chi connectivity index (χ1n) is 19.2. The highest BCUT2D eigenvalue weighted by Gasteiger charge is 2.26. The minimum absolute atomic E-state index is 0.0840. The summed E-state index contributed by atoms with van der Waals surface area (Å²) < 4.78 is 34.8. The van der Waals surface area contributed by atoms with Crippen LogP contribution in [0.1, 0.15) is 149 Å². The molecular weight excluding hydrogens is 625 g/mol. The molecule has 0 rings (SSSR count). The van der Waals surface area contributed by atoms with Crippen molar-refractivity contribution in [2.75, 3.05) is 54.1 Å². The molecule has 0 spiro atoms. The van der Waals surface area contributed by atoms with Gasteiger partial charge in [0.15, 0.2) is 0 Å². The van der Waals surface area contributed by atoms with Crippen molar-refractivity contribution in [1.29, 1.82) is 0 Å². The molecule has 0 bridgehead atoms. The van der Waals surface area contributed by atoms with Gasteiger partial charge in [0, 0.05) is 13.0 Å². The third-order valence-corrected chi connectivity index (χ3v) is 8.89. The summed E-state index contributed by atoms with van der Waals surface area (Å²) in [4.78, 5) is 22.8. The van der Waals surface area contributed by atoms with Gasteiger partial charge in [-0.05, 0) is 64.2 Å². The summed E-state index contributed by atoms with van der Waals surface area (Å²) in [6.45, 7) is 5.49. The van der Waals surface area contributed by atoms with Crippen LogP contribution in [0, 0.1) is 0 Å². The van der Waals surface area contributed by atoms with Gasteiger partial charge in [-0.15, -0.1) is 0 Å². The number of ether oxygens (including phenoxy) is 2. The van der Waals surface area contributed by atoms with E-state index in [1.165, 1.54) is 64.2 Å². The molecule has 0 aliphatic rings. The van der Waals surface area contributed by atoms with E-state index >= 15 is 0 Å². The highest BCUT2D eigenvalue weighted by molar-refractivity contribution is 7.47. The van der Waals surface area contributed by atoms with Crippen LogP contribution < -0.4 is 0 Å². The van der Waals surface area contributed by atoms with Crippen molar-refractivity contribution in [2.24, 2.45) is 0 Å². The van der Waals surface area contributed by atoms with Crippen LogP contribution in [0.15, 0.2) is 36.5 Å². The van der Waals surface area contributed by atoms with Gasteiger partial charge in [0.05, 0.1) is 34.4 Å². The number of unbranched alkanes of at least 4 members (excludes halogenated alkanes) is 15. The smallest absolute Gasteiger partial charge is 0.457 e. The molecule has 48 heavy (non-hydrogen) atoms. The largest absolute Gasteiger partial charge is 0.472 e. The number of nitrogens with zero attached hydrogens (tertiary/aromatic N) is 1. The highest BCUT2D eigenvalue weighted by atomic mass is 31.2. The Hall–Kier alpha value is -1.28. The number of quaternary nitrogens is 1. The van der Waals surface area contributed by atoms with Gasteiger partial charge in [-0.3, -0.25) is 13.8 Å². The van der Waals surface area contributed by atoms with Crippen LogP contribution in [0.4, 0.5) is 0 Å². The lowest BCUT2D eigenvalue weighted by Gasteiger charge is -2.24. The Morgan fingerprint density at radius 1 is 0.646 bits per heavy atom. The molecule has 0 aromatic carbocycles. The first-order valence-corrected chi connectivity index (χ1v) is 20.7. The molecule has 0 saturated carbocycles. The van der Waals surface area contributed by atoms with E-state index in [-0.39, 0.29) is 25.8 Å². The summed E-state index contributed by atoms with van der Waals surface area (Å²) in [7, 11) is 1.65. The highest BCUT2D eigenvalue weighted by Crippen LogP contribution is 2.43. The maximum absolute atomic E-state index is 12.6. The minimum atomic E-state index is -4.27. The molecule has 9 heteroatoms. The van der Waals surface area contributed by atoms with Crippen molar-refractivity contribution >= 4 is 13.8 Å². The molecule has 0 aromatic rings. The van der Waals surface area contributed by atoms with Crippen LogP contribution in [0.5, 0.6) is 0 Å². The number of hydrogen-bond donors (Lipinski definition) is 1. The second kappa shape index (κ2) is 32.9. The lowest BCUT2D eigenvalue weighted by Crippen LogP contribution is -2.37. The summed E-state index contributed by atoms with van der Waals surface area (Å²) in [6.07, 6.45) is 35.9. The van der Waals surface area contributed by atoms with Crippen LogP contribution in [0.25, 0.3) is 0 Å². The Bertz CT molecular complexity index is 869. The Balaban J connectivity index is 4.34. The summed E-state index contributed by atoms with van der Waals surface area (Å²) in [5.74, 6) is -0.333. The number of carbonyl (C=O) groups excluding carboxylic acids is 1.